The minimum Gasteiger partial charge on any atom is -0.495 e. The topological polar surface area (TPSA) is 30.5 Å². The van der Waals surface area contributed by atoms with Crippen molar-refractivity contribution in [3.8, 4) is 5.75 Å². The maximum atomic E-state index is 5.47. The van der Waals surface area contributed by atoms with E-state index >= 15 is 0 Å². The summed E-state index contributed by atoms with van der Waals surface area (Å²) in [5.41, 5.74) is 2.33. The summed E-state index contributed by atoms with van der Waals surface area (Å²) in [5.74, 6) is 0.903. The molecule has 0 saturated heterocycles. The molecule has 0 aromatic heterocycles. The Bertz CT molecular complexity index is 428. The predicted octanol–water partition coefficient (Wildman–Crippen LogP) is 4.14. The number of nitrogens with one attached hydrogen (secondary N) is 1. The Kier molecular flexibility index (Phi) is 5.11. The highest BCUT2D eigenvalue weighted by atomic mass is 79.9. The zero-order chi connectivity index (χ0) is 13.8. The first-order chi connectivity index (χ1) is 9.13. The zero-order valence-electron chi connectivity index (χ0n) is 11.8. The third-order valence-electron chi connectivity index (χ3n) is 3.84. The van der Waals surface area contributed by atoms with Gasteiger partial charge in [-0.25, -0.2) is 0 Å². The van der Waals surface area contributed by atoms with Gasteiger partial charge < -0.3 is 14.8 Å². The van der Waals surface area contributed by atoms with Crippen molar-refractivity contribution >= 4 is 21.6 Å². The van der Waals surface area contributed by atoms with Crippen LogP contribution in [0.3, 0.4) is 0 Å². The molecule has 106 valence electrons. The van der Waals surface area contributed by atoms with Crippen LogP contribution >= 0.6 is 15.9 Å². The van der Waals surface area contributed by atoms with E-state index in [2.05, 4.69) is 34.2 Å². The molecule has 0 radical (unpaired) electrons. The van der Waals surface area contributed by atoms with E-state index in [-0.39, 0.29) is 0 Å². The van der Waals surface area contributed by atoms with Crippen LogP contribution in [0.5, 0.6) is 5.75 Å². The summed E-state index contributed by atoms with van der Waals surface area (Å²) in [6.45, 7) is 2.11. The maximum absolute atomic E-state index is 5.47. The molecule has 0 bridgehead atoms. The molecule has 1 aliphatic carbocycles. The van der Waals surface area contributed by atoms with Crippen molar-refractivity contribution in [3.63, 3.8) is 0 Å². The Hall–Kier alpha value is -0.740. The summed E-state index contributed by atoms with van der Waals surface area (Å²) in [4.78, 5) is 0. The molecule has 19 heavy (non-hydrogen) atoms. The van der Waals surface area contributed by atoms with Gasteiger partial charge in [0.05, 0.1) is 18.9 Å². The average molecular weight is 328 g/mol. The molecule has 3 nitrogen and oxygen atoms in total. The van der Waals surface area contributed by atoms with Gasteiger partial charge in [0.2, 0.25) is 0 Å². The number of rotatable bonds is 4. The first kappa shape index (κ1) is 14.7. The predicted molar refractivity (Wildman–Crippen MR) is 82.1 cm³/mol. The van der Waals surface area contributed by atoms with Gasteiger partial charge in [0.15, 0.2) is 0 Å². The normalized spacial score (nSPS) is 23.2. The number of hydrogen-bond donors (Lipinski definition) is 1. The first-order valence-corrected chi connectivity index (χ1v) is 7.56. The van der Waals surface area contributed by atoms with Gasteiger partial charge in [0, 0.05) is 17.6 Å². The number of hydrogen-bond acceptors (Lipinski definition) is 3. The van der Waals surface area contributed by atoms with Crippen molar-refractivity contribution in [2.45, 2.75) is 44.8 Å². The van der Waals surface area contributed by atoms with Gasteiger partial charge >= 0.3 is 0 Å². The second kappa shape index (κ2) is 6.62. The van der Waals surface area contributed by atoms with E-state index in [1.807, 2.05) is 6.07 Å². The third kappa shape index (κ3) is 3.63. The van der Waals surface area contributed by atoms with Gasteiger partial charge in [-0.3, -0.25) is 0 Å². The Balaban J connectivity index is 2.07. The van der Waals surface area contributed by atoms with E-state index in [0.717, 1.165) is 41.6 Å². The summed E-state index contributed by atoms with van der Waals surface area (Å²) in [7, 11) is 3.52. The minimum atomic E-state index is 0.436. The largest absolute Gasteiger partial charge is 0.495 e. The van der Waals surface area contributed by atoms with Crippen molar-refractivity contribution in [1.82, 2.24) is 0 Å². The molecule has 2 rings (SSSR count). The van der Waals surface area contributed by atoms with Gasteiger partial charge in [-0.2, -0.15) is 0 Å². The van der Waals surface area contributed by atoms with Crippen LogP contribution in [0.1, 0.15) is 31.2 Å². The molecule has 1 aromatic rings. The summed E-state index contributed by atoms with van der Waals surface area (Å²) in [6, 6.07) is 4.64. The van der Waals surface area contributed by atoms with Gasteiger partial charge in [0.1, 0.15) is 5.75 Å². The first-order valence-electron chi connectivity index (χ1n) is 6.77. The molecule has 0 spiro atoms. The molecule has 0 atom stereocenters. The van der Waals surface area contributed by atoms with E-state index in [1.54, 1.807) is 14.2 Å². The lowest BCUT2D eigenvalue weighted by Gasteiger charge is -2.30. The molecule has 0 heterocycles. The van der Waals surface area contributed by atoms with E-state index in [1.165, 1.54) is 5.56 Å². The highest BCUT2D eigenvalue weighted by Crippen LogP contribution is 2.34. The zero-order valence-corrected chi connectivity index (χ0v) is 13.4. The van der Waals surface area contributed by atoms with Crippen LogP contribution in [0.2, 0.25) is 0 Å². The Morgan fingerprint density at radius 1 is 1.16 bits per heavy atom. The number of anilines is 1. The van der Waals surface area contributed by atoms with Gasteiger partial charge in [-0.05, 0) is 50.3 Å². The quantitative estimate of drug-likeness (QED) is 0.901. The molecule has 4 heteroatoms. The fraction of sp³-hybridized carbons (Fsp3) is 0.600. The number of benzene rings is 1. The Morgan fingerprint density at radius 3 is 2.42 bits per heavy atom. The van der Waals surface area contributed by atoms with Crippen molar-refractivity contribution < 1.29 is 9.47 Å². The van der Waals surface area contributed by atoms with Crippen molar-refractivity contribution in [2.24, 2.45) is 0 Å². The third-order valence-corrected chi connectivity index (χ3v) is 4.30. The monoisotopic (exact) mass is 327 g/mol. The lowest BCUT2D eigenvalue weighted by molar-refractivity contribution is 0.0681. The minimum absolute atomic E-state index is 0.436. The highest BCUT2D eigenvalue weighted by Gasteiger charge is 2.22. The van der Waals surface area contributed by atoms with E-state index in [4.69, 9.17) is 9.47 Å². The molecule has 1 saturated carbocycles. The number of aryl methyl sites for hydroxylation is 1. The molecule has 1 aliphatic rings. The summed E-state index contributed by atoms with van der Waals surface area (Å²) in [5, 5.41) is 3.64. The highest BCUT2D eigenvalue weighted by molar-refractivity contribution is 9.10. The van der Waals surface area contributed by atoms with E-state index < -0.39 is 0 Å². The fourth-order valence-corrected chi connectivity index (χ4v) is 3.26. The number of methoxy groups -OCH3 is 2. The summed E-state index contributed by atoms with van der Waals surface area (Å²) < 4.78 is 11.9. The van der Waals surface area contributed by atoms with Gasteiger partial charge in [-0.1, -0.05) is 15.9 Å². The SMILES string of the molecule is COc1cc(Br)cc(C)c1NC1CCC(OC)CC1. The van der Waals surface area contributed by atoms with Crippen molar-refractivity contribution in [3.05, 3.63) is 22.2 Å². The van der Waals surface area contributed by atoms with Crippen molar-refractivity contribution in [2.75, 3.05) is 19.5 Å². The lowest BCUT2D eigenvalue weighted by atomic mass is 9.92. The number of halogens is 1. The van der Waals surface area contributed by atoms with Gasteiger partial charge in [-0.15, -0.1) is 0 Å². The Morgan fingerprint density at radius 2 is 1.84 bits per heavy atom. The van der Waals surface area contributed by atoms with Crippen LogP contribution in [0, 0.1) is 6.92 Å². The van der Waals surface area contributed by atoms with Crippen LogP contribution in [-0.2, 0) is 4.74 Å². The van der Waals surface area contributed by atoms with E-state index in [0.29, 0.717) is 12.1 Å². The summed E-state index contributed by atoms with van der Waals surface area (Å²) >= 11 is 3.51. The van der Waals surface area contributed by atoms with Crippen LogP contribution in [0.25, 0.3) is 0 Å². The van der Waals surface area contributed by atoms with Gasteiger partial charge in [0.25, 0.3) is 0 Å². The molecule has 0 aliphatic heterocycles. The molecule has 1 aromatic carbocycles. The molecule has 0 unspecified atom stereocenters. The second-order valence-corrected chi connectivity index (χ2v) is 6.07. The average Bonchev–Trinajstić information content (AvgIpc) is 2.42. The molecule has 1 N–H and O–H groups in total. The summed E-state index contributed by atoms with van der Waals surface area (Å²) in [6.07, 6.45) is 5.00. The fourth-order valence-electron chi connectivity index (χ4n) is 2.71. The molecular weight excluding hydrogens is 306 g/mol. The van der Waals surface area contributed by atoms with Crippen molar-refractivity contribution in [1.29, 1.82) is 0 Å². The second-order valence-electron chi connectivity index (χ2n) is 5.15. The lowest BCUT2D eigenvalue weighted by Crippen LogP contribution is -2.29. The Labute approximate surface area is 123 Å². The standard InChI is InChI=1S/C15H22BrNO2/c1-10-8-11(16)9-14(19-3)15(10)17-12-4-6-13(18-2)7-5-12/h8-9,12-13,17H,4-7H2,1-3H3. The van der Waals surface area contributed by atoms with Crippen LogP contribution in [-0.4, -0.2) is 26.4 Å². The molecular formula is C15H22BrNO2. The molecule has 1 fully saturated rings. The van der Waals surface area contributed by atoms with Crippen LogP contribution in [0.15, 0.2) is 16.6 Å². The maximum Gasteiger partial charge on any atom is 0.143 e. The van der Waals surface area contributed by atoms with E-state index in [9.17, 15) is 0 Å². The molecule has 0 amide bonds. The van der Waals surface area contributed by atoms with Crippen LogP contribution < -0.4 is 10.1 Å². The van der Waals surface area contributed by atoms with Crippen LogP contribution in [0.4, 0.5) is 5.69 Å². The number of ether oxygens (including phenoxy) is 2. The smallest absolute Gasteiger partial charge is 0.143 e.